The summed E-state index contributed by atoms with van der Waals surface area (Å²) < 4.78 is 0. The standard InChI is InChI=1S/C6H13N3/c1-4(7)5-2-9-3-6(5)8/h4-5,8-9H,2-3,7H2,1H3. The van der Waals surface area contributed by atoms with Gasteiger partial charge in [-0.1, -0.05) is 0 Å². The van der Waals surface area contributed by atoms with Gasteiger partial charge in [-0.25, -0.2) is 0 Å². The number of nitrogens with one attached hydrogen (secondary N) is 2. The third-order valence-electron chi connectivity index (χ3n) is 1.76. The molecule has 1 rings (SSSR count). The number of hydrogen-bond acceptors (Lipinski definition) is 3. The normalized spacial score (nSPS) is 30.9. The van der Waals surface area contributed by atoms with E-state index in [1.54, 1.807) is 0 Å². The van der Waals surface area contributed by atoms with E-state index in [-0.39, 0.29) is 12.0 Å². The quantitative estimate of drug-likeness (QED) is 0.447. The second kappa shape index (κ2) is 2.45. The Balaban J connectivity index is 2.49. The molecule has 1 saturated heterocycles. The second-order valence-corrected chi connectivity index (χ2v) is 2.62. The van der Waals surface area contributed by atoms with Crippen molar-refractivity contribution in [2.24, 2.45) is 11.7 Å². The van der Waals surface area contributed by atoms with Gasteiger partial charge in [0.2, 0.25) is 0 Å². The Bertz CT molecular complexity index is 119. The molecule has 0 aromatic rings. The van der Waals surface area contributed by atoms with E-state index in [2.05, 4.69) is 5.32 Å². The molecule has 4 N–H and O–H groups in total. The van der Waals surface area contributed by atoms with E-state index in [0.717, 1.165) is 18.8 Å². The van der Waals surface area contributed by atoms with Crippen LogP contribution < -0.4 is 11.1 Å². The Kier molecular flexibility index (Phi) is 1.83. The molecule has 1 fully saturated rings. The van der Waals surface area contributed by atoms with Crippen LogP contribution in [0.1, 0.15) is 6.92 Å². The van der Waals surface area contributed by atoms with Gasteiger partial charge in [-0.3, -0.25) is 0 Å². The van der Waals surface area contributed by atoms with Crippen LogP contribution >= 0.6 is 0 Å². The average molecular weight is 127 g/mol. The van der Waals surface area contributed by atoms with Gasteiger partial charge < -0.3 is 16.5 Å². The van der Waals surface area contributed by atoms with Crippen molar-refractivity contribution in [3.05, 3.63) is 0 Å². The molecule has 0 aliphatic carbocycles. The van der Waals surface area contributed by atoms with Crippen LogP contribution in [0.4, 0.5) is 0 Å². The lowest BCUT2D eigenvalue weighted by Crippen LogP contribution is -2.31. The Morgan fingerprint density at radius 1 is 1.89 bits per heavy atom. The minimum Gasteiger partial charge on any atom is -0.327 e. The van der Waals surface area contributed by atoms with E-state index < -0.39 is 0 Å². The van der Waals surface area contributed by atoms with Crippen molar-refractivity contribution >= 4 is 5.71 Å². The van der Waals surface area contributed by atoms with E-state index in [1.165, 1.54) is 0 Å². The SMILES string of the molecule is CC(N)C1CNCC1=N. The maximum atomic E-state index is 7.39. The first-order chi connectivity index (χ1) is 4.22. The molecule has 0 saturated carbocycles. The van der Waals surface area contributed by atoms with Crippen molar-refractivity contribution in [1.29, 1.82) is 5.41 Å². The largest absolute Gasteiger partial charge is 0.327 e. The molecule has 1 aliphatic heterocycles. The van der Waals surface area contributed by atoms with Gasteiger partial charge in [0.1, 0.15) is 0 Å². The first kappa shape index (κ1) is 6.71. The Hall–Kier alpha value is -0.410. The summed E-state index contributed by atoms with van der Waals surface area (Å²) in [6.45, 7) is 3.56. The lowest BCUT2D eigenvalue weighted by molar-refractivity contribution is 0.571. The summed E-state index contributed by atoms with van der Waals surface area (Å²) in [5, 5.41) is 10.5. The average Bonchev–Trinajstić information content (AvgIpc) is 2.13. The summed E-state index contributed by atoms with van der Waals surface area (Å²) >= 11 is 0. The van der Waals surface area contributed by atoms with Gasteiger partial charge in [-0.05, 0) is 6.92 Å². The predicted molar refractivity (Wildman–Crippen MR) is 37.7 cm³/mol. The maximum absolute atomic E-state index is 7.39. The van der Waals surface area contributed by atoms with Crippen molar-refractivity contribution in [2.45, 2.75) is 13.0 Å². The van der Waals surface area contributed by atoms with Crippen LogP contribution in [-0.4, -0.2) is 24.8 Å². The highest BCUT2D eigenvalue weighted by Crippen LogP contribution is 2.06. The van der Waals surface area contributed by atoms with Crippen LogP contribution in [-0.2, 0) is 0 Å². The van der Waals surface area contributed by atoms with Crippen molar-refractivity contribution < 1.29 is 0 Å². The van der Waals surface area contributed by atoms with E-state index >= 15 is 0 Å². The zero-order valence-electron chi connectivity index (χ0n) is 5.65. The Morgan fingerprint density at radius 2 is 2.56 bits per heavy atom. The van der Waals surface area contributed by atoms with Crippen molar-refractivity contribution in [3.63, 3.8) is 0 Å². The third-order valence-corrected chi connectivity index (χ3v) is 1.76. The fraction of sp³-hybridized carbons (Fsp3) is 0.833. The molecule has 0 spiro atoms. The van der Waals surface area contributed by atoms with Gasteiger partial charge in [-0.2, -0.15) is 0 Å². The highest BCUT2D eigenvalue weighted by Gasteiger charge is 2.23. The van der Waals surface area contributed by atoms with Crippen LogP contribution in [0.25, 0.3) is 0 Å². The van der Waals surface area contributed by atoms with Crippen molar-refractivity contribution in [1.82, 2.24) is 5.32 Å². The first-order valence-electron chi connectivity index (χ1n) is 3.25. The summed E-state index contributed by atoms with van der Waals surface area (Å²) in [4.78, 5) is 0. The molecule has 0 radical (unpaired) electrons. The molecule has 2 unspecified atom stereocenters. The van der Waals surface area contributed by atoms with Gasteiger partial charge in [0.05, 0.1) is 0 Å². The molecule has 0 aromatic heterocycles. The van der Waals surface area contributed by atoms with E-state index in [9.17, 15) is 0 Å². The fourth-order valence-corrected chi connectivity index (χ4v) is 1.12. The first-order valence-corrected chi connectivity index (χ1v) is 3.25. The van der Waals surface area contributed by atoms with E-state index in [1.807, 2.05) is 6.92 Å². The summed E-state index contributed by atoms with van der Waals surface area (Å²) in [5.41, 5.74) is 6.36. The maximum Gasteiger partial charge on any atom is 0.0336 e. The zero-order valence-corrected chi connectivity index (χ0v) is 5.65. The summed E-state index contributed by atoms with van der Waals surface area (Å²) in [7, 11) is 0. The van der Waals surface area contributed by atoms with Gasteiger partial charge in [-0.15, -0.1) is 0 Å². The highest BCUT2D eigenvalue weighted by molar-refractivity contribution is 5.88. The number of hydrogen-bond donors (Lipinski definition) is 3. The molecule has 0 aromatic carbocycles. The minimum absolute atomic E-state index is 0.132. The topological polar surface area (TPSA) is 61.9 Å². The van der Waals surface area contributed by atoms with Crippen LogP contribution in [0.5, 0.6) is 0 Å². The monoisotopic (exact) mass is 127 g/mol. The Labute approximate surface area is 55.1 Å². The Morgan fingerprint density at radius 3 is 2.78 bits per heavy atom. The smallest absolute Gasteiger partial charge is 0.0336 e. The lowest BCUT2D eigenvalue weighted by Gasteiger charge is -2.11. The van der Waals surface area contributed by atoms with Crippen LogP contribution in [0.15, 0.2) is 0 Å². The van der Waals surface area contributed by atoms with Crippen LogP contribution in [0.3, 0.4) is 0 Å². The fourth-order valence-electron chi connectivity index (χ4n) is 1.12. The van der Waals surface area contributed by atoms with E-state index in [4.69, 9.17) is 11.1 Å². The van der Waals surface area contributed by atoms with Crippen LogP contribution in [0.2, 0.25) is 0 Å². The molecular formula is C6H13N3. The summed E-state index contributed by atoms with van der Waals surface area (Å²) in [5.74, 6) is 0.282. The molecule has 2 atom stereocenters. The zero-order chi connectivity index (χ0) is 6.85. The predicted octanol–water partition coefficient (Wildman–Crippen LogP) is -0.427. The van der Waals surface area contributed by atoms with E-state index in [0.29, 0.717) is 0 Å². The van der Waals surface area contributed by atoms with Crippen molar-refractivity contribution in [2.75, 3.05) is 13.1 Å². The third kappa shape index (κ3) is 1.28. The molecule has 0 amide bonds. The molecule has 0 bridgehead atoms. The van der Waals surface area contributed by atoms with Gasteiger partial charge >= 0.3 is 0 Å². The van der Waals surface area contributed by atoms with Crippen molar-refractivity contribution in [3.8, 4) is 0 Å². The van der Waals surface area contributed by atoms with Gasteiger partial charge in [0.15, 0.2) is 0 Å². The summed E-state index contributed by atoms with van der Waals surface area (Å²) in [6, 6.07) is 0.132. The number of rotatable bonds is 1. The number of nitrogens with two attached hydrogens (primary N) is 1. The van der Waals surface area contributed by atoms with Crippen LogP contribution in [0, 0.1) is 11.3 Å². The molecule has 52 valence electrons. The molecule has 9 heavy (non-hydrogen) atoms. The molecule has 1 heterocycles. The van der Waals surface area contributed by atoms with Gasteiger partial charge in [0.25, 0.3) is 0 Å². The molecular weight excluding hydrogens is 114 g/mol. The minimum atomic E-state index is 0.132. The highest BCUT2D eigenvalue weighted by atomic mass is 14.9. The lowest BCUT2D eigenvalue weighted by atomic mass is 10.00. The molecule has 1 aliphatic rings. The second-order valence-electron chi connectivity index (χ2n) is 2.62. The molecule has 3 nitrogen and oxygen atoms in total. The van der Waals surface area contributed by atoms with Gasteiger partial charge in [0, 0.05) is 30.8 Å². The summed E-state index contributed by atoms with van der Waals surface area (Å²) in [6.07, 6.45) is 0. The molecule has 3 heteroatoms.